The van der Waals surface area contributed by atoms with Crippen LogP contribution in [0.2, 0.25) is 0 Å². The maximum Gasteiger partial charge on any atom is 0.267 e. The molecule has 29 heavy (non-hydrogen) atoms. The van der Waals surface area contributed by atoms with Crippen LogP contribution in [0.3, 0.4) is 0 Å². The van der Waals surface area contributed by atoms with Crippen LogP contribution in [0.25, 0.3) is 10.9 Å². The first-order valence-electron chi connectivity index (χ1n) is 10.4. The van der Waals surface area contributed by atoms with E-state index in [2.05, 4.69) is 15.4 Å². The van der Waals surface area contributed by atoms with Gasteiger partial charge in [-0.3, -0.25) is 14.6 Å². The number of fused-ring (bicyclic) bond motifs is 1. The van der Waals surface area contributed by atoms with Gasteiger partial charge < -0.3 is 5.32 Å². The summed E-state index contributed by atoms with van der Waals surface area (Å²) in [6.07, 6.45) is 7.52. The van der Waals surface area contributed by atoms with Crippen LogP contribution in [-0.2, 0) is 0 Å². The Morgan fingerprint density at radius 2 is 1.83 bits per heavy atom. The second-order valence-corrected chi connectivity index (χ2v) is 8.21. The third-order valence-electron chi connectivity index (χ3n) is 6.08. The standard InChI is InChI=1S/C23H24N4O2/c28-22-12-11-21(15-3-4-15)26-27(22)19-8-6-18(7-9-19)25-23(29)17-5-10-20-16(14-17)2-1-13-24-20/h1-2,5,10-15,18-19H,3-4,6-9H2,(H,25,29). The normalized spacial score (nSPS) is 21.8. The zero-order valence-corrected chi connectivity index (χ0v) is 16.3. The third kappa shape index (κ3) is 3.79. The maximum absolute atomic E-state index is 12.7. The minimum Gasteiger partial charge on any atom is -0.349 e. The summed E-state index contributed by atoms with van der Waals surface area (Å²) >= 11 is 0. The predicted octanol–water partition coefficient (Wildman–Crippen LogP) is 3.58. The van der Waals surface area contributed by atoms with Crippen LogP contribution in [-0.4, -0.2) is 26.7 Å². The Bertz CT molecular complexity index is 1110. The minimum atomic E-state index is -0.0507. The lowest BCUT2D eigenvalue weighted by molar-refractivity contribution is 0.0921. The van der Waals surface area contributed by atoms with E-state index in [1.165, 1.54) is 12.8 Å². The molecule has 2 heterocycles. The topological polar surface area (TPSA) is 76.9 Å². The second-order valence-electron chi connectivity index (χ2n) is 8.21. The fourth-order valence-corrected chi connectivity index (χ4v) is 4.25. The van der Waals surface area contributed by atoms with Crippen molar-refractivity contribution in [2.75, 3.05) is 0 Å². The van der Waals surface area contributed by atoms with E-state index >= 15 is 0 Å². The number of nitrogens with zero attached hydrogens (tertiary/aromatic N) is 3. The zero-order chi connectivity index (χ0) is 19.8. The summed E-state index contributed by atoms with van der Waals surface area (Å²) < 4.78 is 1.68. The molecule has 0 aliphatic heterocycles. The summed E-state index contributed by atoms with van der Waals surface area (Å²) in [5, 5.41) is 8.75. The smallest absolute Gasteiger partial charge is 0.267 e. The second kappa shape index (κ2) is 7.43. The summed E-state index contributed by atoms with van der Waals surface area (Å²) in [5.41, 5.74) is 2.57. The van der Waals surface area contributed by atoms with Crippen LogP contribution in [0.15, 0.2) is 53.5 Å². The van der Waals surface area contributed by atoms with Crippen molar-refractivity contribution in [3.8, 4) is 0 Å². The van der Waals surface area contributed by atoms with E-state index in [1.807, 2.05) is 36.4 Å². The summed E-state index contributed by atoms with van der Waals surface area (Å²) in [6, 6.07) is 13.2. The highest BCUT2D eigenvalue weighted by Gasteiger charge is 2.28. The van der Waals surface area contributed by atoms with Gasteiger partial charge >= 0.3 is 0 Å². The molecule has 0 saturated heterocycles. The Kier molecular flexibility index (Phi) is 4.62. The molecule has 0 unspecified atom stereocenters. The van der Waals surface area contributed by atoms with Gasteiger partial charge in [0, 0.05) is 35.2 Å². The molecule has 2 fully saturated rings. The summed E-state index contributed by atoms with van der Waals surface area (Å²) in [7, 11) is 0. The number of nitrogens with one attached hydrogen (secondary N) is 1. The summed E-state index contributed by atoms with van der Waals surface area (Å²) in [4.78, 5) is 29.3. The molecule has 0 bridgehead atoms. The van der Waals surface area contributed by atoms with E-state index in [0.717, 1.165) is 42.3 Å². The first kappa shape index (κ1) is 18.0. The average Bonchev–Trinajstić information content (AvgIpc) is 3.60. The molecule has 1 N–H and O–H groups in total. The zero-order valence-electron chi connectivity index (χ0n) is 16.3. The Morgan fingerprint density at radius 3 is 2.62 bits per heavy atom. The van der Waals surface area contributed by atoms with Crippen molar-refractivity contribution in [2.24, 2.45) is 0 Å². The lowest BCUT2D eigenvalue weighted by Crippen LogP contribution is -2.39. The molecule has 6 nitrogen and oxygen atoms in total. The number of carbonyl (C=O) groups is 1. The molecule has 5 rings (SSSR count). The maximum atomic E-state index is 12.7. The number of rotatable bonds is 4. The van der Waals surface area contributed by atoms with E-state index in [4.69, 9.17) is 0 Å². The molecule has 2 aliphatic carbocycles. The van der Waals surface area contributed by atoms with Gasteiger partial charge in [-0.25, -0.2) is 4.68 Å². The van der Waals surface area contributed by atoms with Crippen LogP contribution in [0.4, 0.5) is 0 Å². The van der Waals surface area contributed by atoms with Crippen LogP contribution < -0.4 is 10.9 Å². The first-order chi connectivity index (χ1) is 14.2. The van der Waals surface area contributed by atoms with Gasteiger partial charge in [0.2, 0.25) is 0 Å². The molecule has 6 heteroatoms. The van der Waals surface area contributed by atoms with Gasteiger partial charge in [0.25, 0.3) is 11.5 Å². The Balaban J connectivity index is 1.23. The van der Waals surface area contributed by atoms with Crippen LogP contribution in [0.1, 0.15) is 66.5 Å². The van der Waals surface area contributed by atoms with Gasteiger partial charge in [-0.1, -0.05) is 6.07 Å². The fourth-order valence-electron chi connectivity index (χ4n) is 4.25. The van der Waals surface area contributed by atoms with E-state index in [-0.39, 0.29) is 23.6 Å². The molecule has 0 atom stereocenters. The van der Waals surface area contributed by atoms with Crippen molar-refractivity contribution in [3.63, 3.8) is 0 Å². The number of carbonyl (C=O) groups excluding carboxylic acids is 1. The Morgan fingerprint density at radius 1 is 1.00 bits per heavy atom. The monoisotopic (exact) mass is 388 g/mol. The SMILES string of the molecule is O=C(NC1CCC(n2nc(C3CC3)ccc2=O)CC1)c1ccc2ncccc2c1. The van der Waals surface area contributed by atoms with E-state index < -0.39 is 0 Å². The number of hydrogen-bond acceptors (Lipinski definition) is 4. The van der Waals surface area contributed by atoms with E-state index in [0.29, 0.717) is 11.5 Å². The lowest BCUT2D eigenvalue weighted by Gasteiger charge is -2.29. The van der Waals surface area contributed by atoms with Crippen molar-refractivity contribution in [1.29, 1.82) is 0 Å². The number of amides is 1. The molecule has 2 aliphatic rings. The molecule has 1 amide bonds. The van der Waals surface area contributed by atoms with Gasteiger partial charge in [-0.05, 0) is 68.9 Å². The van der Waals surface area contributed by atoms with Crippen LogP contribution in [0.5, 0.6) is 0 Å². The first-order valence-corrected chi connectivity index (χ1v) is 10.4. The summed E-state index contributed by atoms with van der Waals surface area (Å²) in [5.74, 6) is 0.486. The van der Waals surface area contributed by atoms with Gasteiger partial charge in [0.15, 0.2) is 0 Å². The highest BCUT2D eigenvalue weighted by Crippen LogP contribution is 2.38. The fraction of sp³-hybridized carbons (Fsp3) is 0.391. The summed E-state index contributed by atoms with van der Waals surface area (Å²) in [6.45, 7) is 0. The average molecular weight is 388 g/mol. The number of aromatic nitrogens is 3. The highest BCUT2D eigenvalue weighted by atomic mass is 16.1. The van der Waals surface area contributed by atoms with Crippen LogP contribution in [0, 0.1) is 0 Å². The van der Waals surface area contributed by atoms with Crippen molar-refractivity contribution < 1.29 is 4.79 Å². The lowest BCUT2D eigenvalue weighted by atomic mass is 9.91. The minimum absolute atomic E-state index is 0.0216. The molecule has 1 aromatic carbocycles. The van der Waals surface area contributed by atoms with Crippen molar-refractivity contribution in [3.05, 3.63) is 70.3 Å². The number of hydrogen-bond donors (Lipinski definition) is 1. The molecule has 3 aromatic rings. The van der Waals surface area contributed by atoms with E-state index in [9.17, 15) is 9.59 Å². The number of pyridine rings is 1. The van der Waals surface area contributed by atoms with Crippen molar-refractivity contribution in [2.45, 2.75) is 56.5 Å². The Hall–Kier alpha value is -3.02. The highest BCUT2D eigenvalue weighted by molar-refractivity contribution is 5.98. The van der Waals surface area contributed by atoms with Crippen LogP contribution >= 0.6 is 0 Å². The Labute approximate surface area is 169 Å². The molecule has 0 spiro atoms. The molecular weight excluding hydrogens is 364 g/mol. The number of benzene rings is 1. The van der Waals surface area contributed by atoms with E-state index in [1.54, 1.807) is 16.9 Å². The quantitative estimate of drug-likeness (QED) is 0.741. The molecule has 148 valence electrons. The third-order valence-corrected chi connectivity index (χ3v) is 6.08. The van der Waals surface area contributed by atoms with Gasteiger partial charge in [0.1, 0.15) is 0 Å². The van der Waals surface area contributed by atoms with Crippen molar-refractivity contribution >= 4 is 16.8 Å². The van der Waals surface area contributed by atoms with Gasteiger partial charge in [-0.2, -0.15) is 5.10 Å². The largest absolute Gasteiger partial charge is 0.349 e. The van der Waals surface area contributed by atoms with Crippen molar-refractivity contribution in [1.82, 2.24) is 20.1 Å². The molecule has 0 radical (unpaired) electrons. The van der Waals surface area contributed by atoms with Gasteiger partial charge in [-0.15, -0.1) is 0 Å². The molecule has 2 aromatic heterocycles. The molecular formula is C23H24N4O2. The molecule has 2 saturated carbocycles. The predicted molar refractivity (Wildman–Crippen MR) is 111 cm³/mol. The van der Waals surface area contributed by atoms with Gasteiger partial charge in [0.05, 0.1) is 17.3 Å².